The molecule has 0 heterocycles. The smallest absolute Gasteiger partial charge is 0.305 e. The average molecular weight is 943 g/mol. The summed E-state index contributed by atoms with van der Waals surface area (Å²) in [7, 11) is 0. The van der Waals surface area contributed by atoms with Crippen molar-refractivity contribution in [3.05, 3.63) is 36.5 Å². The largest absolute Gasteiger partial charge is 0.466 e. The van der Waals surface area contributed by atoms with Gasteiger partial charge in [-0.2, -0.15) is 0 Å². The van der Waals surface area contributed by atoms with Gasteiger partial charge in [0.25, 0.3) is 0 Å². The van der Waals surface area contributed by atoms with E-state index in [0.717, 1.165) is 51.4 Å². The highest BCUT2D eigenvalue weighted by Gasteiger charge is 2.20. The summed E-state index contributed by atoms with van der Waals surface area (Å²) < 4.78 is 5.47. The van der Waals surface area contributed by atoms with Crippen LogP contribution in [0.2, 0.25) is 0 Å². The van der Waals surface area contributed by atoms with Crippen LogP contribution in [-0.4, -0.2) is 47.4 Å². The molecule has 6 heteroatoms. The lowest BCUT2D eigenvalue weighted by Gasteiger charge is -2.22. The van der Waals surface area contributed by atoms with Crippen LogP contribution in [0.4, 0.5) is 0 Å². The molecule has 0 bridgehead atoms. The lowest BCUT2D eigenvalue weighted by atomic mass is 10.0. The predicted molar refractivity (Wildman–Crippen MR) is 292 cm³/mol. The van der Waals surface area contributed by atoms with Crippen LogP contribution in [0.25, 0.3) is 0 Å². The van der Waals surface area contributed by atoms with Crippen LogP contribution in [0.3, 0.4) is 0 Å². The Bertz CT molecular complexity index is 1090. The minimum absolute atomic E-state index is 0.0000172. The molecule has 0 aromatic rings. The molecule has 3 N–H and O–H groups in total. The molecule has 0 saturated carbocycles. The Labute approximate surface area is 417 Å². The van der Waals surface area contributed by atoms with Crippen molar-refractivity contribution in [3.63, 3.8) is 0 Å². The van der Waals surface area contributed by atoms with Crippen LogP contribution in [-0.2, 0) is 14.3 Å². The third-order valence-corrected chi connectivity index (χ3v) is 13.7. The van der Waals surface area contributed by atoms with Crippen molar-refractivity contribution >= 4 is 11.9 Å². The van der Waals surface area contributed by atoms with Crippen molar-refractivity contribution in [2.75, 3.05) is 13.2 Å². The number of aliphatic hydroxyl groups is 2. The number of allylic oxidation sites excluding steroid dienone is 6. The first-order chi connectivity index (χ1) is 33.0. The van der Waals surface area contributed by atoms with Crippen molar-refractivity contribution < 1.29 is 24.5 Å². The van der Waals surface area contributed by atoms with Gasteiger partial charge in [-0.15, -0.1) is 0 Å². The highest BCUT2D eigenvalue weighted by molar-refractivity contribution is 5.76. The van der Waals surface area contributed by atoms with Gasteiger partial charge in [0, 0.05) is 12.8 Å². The second-order valence-electron chi connectivity index (χ2n) is 20.3. The second-order valence-corrected chi connectivity index (χ2v) is 20.3. The molecule has 394 valence electrons. The first-order valence-electron chi connectivity index (χ1n) is 29.7. The predicted octanol–water partition coefficient (Wildman–Crippen LogP) is 18.4. The molecule has 1 amide bonds. The number of rotatable bonds is 55. The third-order valence-electron chi connectivity index (χ3n) is 13.7. The Morgan fingerprint density at radius 1 is 0.418 bits per heavy atom. The van der Waals surface area contributed by atoms with Crippen LogP contribution in [0.5, 0.6) is 0 Å². The van der Waals surface area contributed by atoms with Crippen LogP contribution in [0.15, 0.2) is 36.5 Å². The lowest BCUT2D eigenvalue weighted by Crippen LogP contribution is -2.45. The summed E-state index contributed by atoms with van der Waals surface area (Å²) >= 11 is 0. The van der Waals surface area contributed by atoms with Gasteiger partial charge in [-0.3, -0.25) is 9.59 Å². The molecule has 2 unspecified atom stereocenters. The van der Waals surface area contributed by atoms with Crippen LogP contribution in [0.1, 0.15) is 316 Å². The van der Waals surface area contributed by atoms with Gasteiger partial charge in [-0.1, -0.05) is 256 Å². The molecule has 0 fully saturated rings. The van der Waals surface area contributed by atoms with Gasteiger partial charge in [0.15, 0.2) is 0 Å². The maximum Gasteiger partial charge on any atom is 0.305 e. The highest BCUT2D eigenvalue weighted by atomic mass is 16.5. The number of carbonyl (C=O) groups is 2. The van der Waals surface area contributed by atoms with Gasteiger partial charge in [0.1, 0.15) is 0 Å². The number of aliphatic hydroxyl groups excluding tert-OH is 2. The molecular formula is C61H115NO5. The first kappa shape index (κ1) is 65.1. The van der Waals surface area contributed by atoms with E-state index in [1.807, 2.05) is 0 Å². The average Bonchev–Trinajstić information content (AvgIpc) is 3.33. The molecule has 0 spiro atoms. The Balaban J connectivity index is 3.37. The fourth-order valence-corrected chi connectivity index (χ4v) is 9.08. The number of nitrogens with one attached hydrogen (secondary N) is 1. The van der Waals surface area contributed by atoms with Gasteiger partial charge in [-0.25, -0.2) is 0 Å². The SMILES string of the molecule is CCCCC/C=C\C/C=C\CCCCCCCC(=O)OCCCCCCCCCCCCCC/C=C\CCCCCCCCCCCCC(=O)NC(CO)C(O)CCCCCCCCCCC. The second kappa shape index (κ2) is 56.7. The summed E-state index contributed by atoms with van der Waals surface area (Å²) in [6.07, 6.45) is 70.2. The fourth-order valence-electron chi connectivity index (χ4n) is 9.08. The van der Waals surface area contributed by atoms with Crippen molar-refractivity contribution in [1.29, 1.82) is 0 Å². The number of hydrogen-bond acceptors (Lipinski definition) is 5. The first-order valence-corrected chi connectivity index (χ1v) is 29.7. The van der Waals surface area contributed by atoms with E-state index < -0.39 is 12.1 Å². The number of ether oxygens (including phenoxy) is 1. The maximum absolute atomic E-state index is 12.4. The monoisotopic (exact) mass is 942 g/mol. The van der Waals surface area contributed by atoms with Gasteiger partial charge < -0.3 is 20.3 Å². The van der Waals surface area contributed by atoms with Gasteiger partial charge in [0.2, 0.25) is 5.91 Å². The fraction of sp³-hybridized carbons (Fsp3) is 0.869. The molecule has 0 saturated heterocycles. The van der Waals surface area contributed by atoms with E-state index in [0.29, 0.717) is 25.9 Å². The van der Waals surface area contributed by atoms with E-state index >= 15 is 0 Å². The normalized spacial score (nSPS) is 12.8. The van der Waals surface area contributed by atoms with E-state index in [4.69, 9.17) is 4.74 Å². The van der Waals surface area contributed by atoms with E-state index in [1.165, 1.54) is 231 Å². The molecule has 67 heavy (non-hydrogen) atoms. The maximum atomic E-state index is 12.4. The molecule has 0 radical (unpaired) electrons. The molecule has 0 aromatic carbocycles. The zero-order chi connectivity index (χ0) is 48.6. The molecular weight excluding hydrogens is 827 g/mol. The number of esters is 1. The summed E-state index contributed by atoms with van der Waals surface area (Å²) in [5.74, 6) is -0.0392. The number of carbonyl (C=O) groups excluding carboxylic acids is 2. The topological polar surface area (TPSA) is 95.9 Å². The van der Waals surface area contributed by atoms with Gasteiger partial charge in [0.05, 0.1) is 25.4 Å². The van der Waals surface area contributed by atoms with Crippen LogP contribution >= 0.6 is 0 Å². The summed E-state index contributed by atoms with van der Waals surface area (Å²) in [4.78, 5) is 24.4. The zero-order valence-corrected chi connectivity index (χ0v) is 44.9. The summed E-state index contributed by atoms with van der Waals surface area (Å²) in [5, 5.41) is 23.1. The third kappa shape index (κ3) is 53.3. The minimum atomic E-state index is -0.663. The highest BCUT2D eigenvalue weighted by Crippen LogP contribution is 2.17. The van der Waals surface area contributed by atoms with E-state index in [-0.39, 0.29) is 18.5 Å². The van der Waals surface area contributed by atoms with Crippen LogP contribution in [0, 0.1) is 0 Å². The summed E-state index contributed by atoms with van der Waals surface area (Å²) in [6, 6.07) is -0.541. The lowest BCUT2D eigenvalue weighted by molar-refractivity contribution is -0.143. The Morgan fingerprint density at radius 3 is 1.18 bits per heavy atom. The number of amides is 1. The van der Waals surface area contributed by atoms with E-state index in [1.54, 1.807) is 0 Å². The van der Waals surface area contributed by atoms with E-state index in [9.17, 15) is 19.8 Å². The van der Waals surface area contributed by atoms with Crippen molar-refractivity contribution in [2.24, 2.45) is 0 Å². The van der Waals surface area contributed by atoms with Crippen molar-refractivity contribution in [1.82, 2.24) is 5.32 Å². The van der Waals surface area contributed by atoms with E-state index in [2.05, 4.69) is 55.6 Å². The number of hydrogen-bond donors (Lipinski definition) is 3. The quantitative estimate of drug-likeness (QED) is 0.0321. The Hall–Kier alpha value is -1.92. The van der Waals surface area contributed by atoms with Gasteiger partial charge in [-0.05, 0) is 83.5 Å². The molecule has 0 aliphatic carbocycles. The molecule has 2 atom stereocenters. The summed E-state index contributed by atoms with van der Waals surface area (Å²) in [6.45, 7) is 4.90. The molecule has 0 aliphatic rings. The number of unbranched alkanes of at least 4 members (excludes halogenated alkanes) is 38. The summed E-state index contributed by atoms with van der Waals surface area (Å²) in [5.41, 5.74) is 0. The molecule has 0 aromatic heterocycles. The standard InChI is InChI=1S/C61H115NO5/c1-3-5-7-9-11-13-14-15-28-32-35-39-43-47-51-55-61(66)67-56-52-48-44-40-36-33-30-27-25-23-21-19-17-16-18-20-22-24-26-29-31-34-38-42-46-50-54-60(65)62-58(57-63)59(64)53-49-45-41-37-12-10-8-6-4-2/h11,13,15-16,18,28,58-59,63-64H,3-10,12,14,17,19-27,29-57H2,1-2H3,(H,62,65)/b13-11-,18-16-,28-15-. The molecule has 0 aliphatic heterocycles. The zero-order valence-electron chi connectivity index (χ0n) is 44.9. The molecule has 0 rings (SSSR count). The Kier molecular flexibility index (Phi) is 55.0. The molecule has 6 nitrogen and oxygen atoms in total. The van der Waals surface area contributed by atoms with Gasteiger partial charge >= 0.3 is 5.97 Å². The van der Waals surface area contributed by atoms with Crippen LogP contribution < -0.4 is 5.32 Å². The minimum Gasteiger partial charge on any atom is -0.466 e. The van der Waals surface area contributed by atoms with Crippen molar-refractivity contribution in [3.8, 4) is 0 Å². The Morgan fingerprint density at radius 2 is 0.746 bits per heavy atom. The van der Waals surface area contributed by atoms with Crippen molar-refractivity contribution in [2.45, 2.75) is 328 Å².